The first kappa shape index (κ1) is 18.6. The average Bonchev–Trinajstić information content (AvgIpc) is 3.14. The van der Waals surface area contributed by atoms with E-state index < -0.39 is 34.9 Å². The molecule has 29 heavy (non-hydrogen) atoms. The lowest BCUT2D eigenvalue weighted by atomic mass is 10.1. The lowest BCUT2D eigenvalue weighted by Crippen LogP contribution is -2.16. The summed E-state index contributed by atoms with van der Waals surface area (Å²) >= 11 is 0. The Labute approximate surface area is 161 Å². The third-order valence-electron chi connectivity index (χ3n) is 4.34. The summed E-state index contributed by atoms with van der Waals surface area (Å²) in [7, 11) is 0. The van der Waals surface area contributed by atoms with E-state index in [4.69, 9.17) is 0 Å². The second-order valence-electron chi connectivity index (χ2n) is 6.29. The highest BCUT2D eigenvalue weighted by molar-refractivity contribution is 6.08. The third-order valence-corrected chi connectivity index (χ3v) is 4.34. The number of amides is 1. The van der Waals surface area contributed by atoms with E-state index >= 15 is 0 Å². The Morgan fingerprint density at radius 1 is 1.00 bits per heavy atom. The van der Waals surface area contributed by atoms with Crippen LogP contribution in [0.5, 0.6) is 0 Å². The molecular weight excluding hydrogens is 388 g/mol. The fraction of sp³-hybridized carbons (Fsp3) is 0.0500. The van der Waals surface area contributed by atoms with E-state index in [9.17, 15) is 22.4 Å². The van der Waals surface area contributed by atoms with Crippen molar-refractivity contribution in [1.29, 1.82) is 0 Å². The number of hydrogen-bond donors (Lipinski definition) is 1. The molecule has 4 aromatic rings. The van der Waals surface area contributed by atoms with Crippen molar-refractivity contribution < 1.29 is 22.4 Å². The lowest BCUT2D eigenvalue weighted by Gasteiger charge is -2.08. The van der Waals surface area contributed by atoms with Gasteiger partial charge in [0.15, 0.2) is 28.9 Å². The van der Waals surface area contributed by atoms with Crippen LogP contribution in [0.25, 0.3) is 16.9 Å². The molecule has 0 saturated heterocycles. The van der Waals surface area contributed by atoms with Crippen LogP contribution in [0.1, 0.15) is 15.9 Å². The van der Waals surface area contributed by atoms with Crippen molar-refractivity contribution in [3.05, 3.63) is 83.2 Å². The second kappa shape index (κ2) is 7.01. The number of benzene rings is 2. The summed E-state index contributed by atoms with van der Waals surface area (Å²) in [5.74, 6) is -7.68. The van der Waals surface area contributed by atoms with Crippen molar-refractivity contribution >= 4 is 17.2 Å². The van der Waals surface area contributed by atoms with Gasteiger partial charge in [-0.25, -0.2) is 27.1 Å². The summed E-state index contributed by atoms with van der Waals surface area (Å²) in [5, 5.41) is 5.98. The molecule has 0 spiro atoms. The number of hydrogen-bond acceptors (Lipinski definition) is 3. The van der Waals surface area contributed by atoms with Crippen LogP contribution < -0.4 is 5.32 Å². The van der Waals surface area contributed by atoms with Crippen LogP contribution in [-0.4, -0.2) is 20.5 Å². The Kier molecular flexibility index (Phi) is 4.50. The maximum Gasteiger partial charge on any atom is 0.261 e. The molecule has 9 heteroatoms. The first-order valence-electron chi connectivity index (χ1n) is 8.41. The van der Waals surface area contributed by atoms with Gasteiger partial charge < -0.3 is 5.32 Å². The van der Waals surface area contributed by atoms with E-state index in [-0.39, 0.29) is 17.3 Å². The van der Waals surface area contributed by atoms with E-state index in [2.05, 4.69) is 10.1 Å². The quantitative estimate of drug-likeness (QED) is 0.407. The zero-order valence-corrected chi connectivity index (χ0v) is 14.9. The maximum absolute atomic E-state index is 13.8. The minimum atomic E-state index is -1.71. The highest BCUT2D eigenvalue weighted by Crippen LogP contribution is 2.26. The Morgan fingerprint density at radius 3 is 2.31 bits per heavy atom. The second-order valence-corrected chi connectivity index (χ2v) is 6.29. The van der Waals surface area contributed by atoms with Crippen LogP contribution in [0.2, 0.25) is 0 Å². The number of fused-ring (bicyclic) bond motifs is 1. The van der Waals surface area contributed by atoms with Gasteiger partial charge in [0.1, 0.15) is 11.3 Å². The molecule has 4 rings (SSSR count). The van der Waals surface area contributed by atoms with Gasteiger partial charge in [0.2, 0.25) is 0 Å². The predicted octanol–water partition coefficient (Wildman–Crippen LogP) is 4.51. The number of anilines is 1. The fourth-order valence-electron chi connectivity index (χ4n) is 2.86. The van der Waals surface area contributed by atoms with Gasteiger partial charge in [0.05, 0.1) is 11.9 Å². The molecule has 0 fully saturated rings. The van der Waals surface area contributed by atoms with Crippen LogP contribution in [-0.2, 0) is 0 Å². The standard InChI is InChI=1S/C20H12F4N4O/c1-10-2-4-11(5-3-10)15-6-7-25-19-12(9-26-28(15)19)20(29)27-18-16(23)13(21)8-14(22)17(18)24/h2-9H,1H3,(H,27,29). The number of aryl methyl sites for hydroxylation is 1. The monoisotopic (exact) mass is 400 g/mol. The molecule has 2 heterocycles. The van der Waals surface area contributed by atoms with Gasteiger partial charge in [-0.2, -0.15) is 5.10 Å². The van der Waals surface area contributed by atoms with Gasteiger partial charge in [-0.15, -0.1) is 0 Å². The molecule has 1 amide bonds. The van der Waals surface area contributed by atoms with Gasteiger partial charge in [0.25, 0.3) is 5.91 Å². The van der Waals surface area contributed by atoms with E-state index in [0.29, 0.717) is 5.69 Å². The van der Waals surface area contributed by atoms with E-state index in [1.165, 1.54) is 10.7 Å². The normalized spacial score (nSPS) is 11.1. The first-order chi connectivity index (χ1) is 13.9. The van der Waals surface area contributed by atoms with Crippen molar-refractivity contribution in [1.82, 2.24) is 14.6 Å². The van der Waals surface area contributed by atoms with Crippen molar-refractivity contribution in [2.75, 3.05) is 5.32 Å². The molecule has 2 aromatic carbocycles. The molecular formula is C20H12F4N4O. The molecule has 146 valence electrons. The SMILES string of the molecule is Cc1ccc(-c2ccnc3c(C(=O)Nc4c(F)c(F)cc(F)c4F)cnn23)cc1. The van der Waals surface area contributed by atoms with Crippen molar-refractivity contribution in [2.24, 2.45) is 0 Å². The van der Waals surface area contributed by atoms with Crippen molar-refractivity contribution in [3.8, 4) is 11.3 Å². The number of aromatic nitrogens is 3. The van der Waals surface area contributed by atoms with Gasteiger partial charge in [-0.3, -0.25) is 4.79 Å². The van der Waals surface area contributed by atoms with Crippen LogP contribution in [0.4, 0.5) is 23.2 Å². The molecule has 1 N–H and O–H groups in total. The molecule has 0 bridgehead atoms. The van der Waals surface area contributed by atoms with E-state index in [1.807, 2.05) is 36.5 Å². The van der Waals surface area contributed by atoms with Crippen molar-refractivity contribution in [2.45, 2.75) is 6.92 Å². The highest BCUT2D eigenvalue weighted by atomic mass is 19.2. The molecule has 2 aromatic heterocycles. The fourth-order valence-corrected chi connectivity index (χ4v) is 2.86. The summed E-state index contributed by atoms with van der Waals surface area (Å²) in [5.41, 5.74) is 1.26. The zero-order chi connectivity index (χ0) is 20.7. The van der Waals surface area contributed by atoms with Crippen molar-refractivity contribution in [3.63, 3.8) is 0 Å². The molecule has 0 aliphatic rings. The number of carbonyl (C=O) groups excluding carboxylic acids is 1. The number of rotatable bonds is 3. The number of carbonyl (C=O) groups is 1. The average molecular weight is 400 g/mol. The topological polar surface area (TPSA) is 59.3 Å². The van der Waals surface area contributed by atoms with Crippen LogP contribution in [0, 0.1) is 30.2 Å². The van der Waals surface area contributed by atoms with Crippen LogP contribution in [0.3, 0.4) is 0 Å². The molecule has 0 saturated carbocycles. The predicted molar refractivity (Wildman–Crippen MR) is 97.4 cm³/mol. The molecule has 5 nitrogen and oxygen atoms in total. The summed E-state index contributed by atoms with van der Waals surface area (Å²) in [6.45, 7) is 1.94. The van der Waals surface area contributed by atoms with Gasteiger partial charge in [0, 0.05) is 17.8 Å². The van der Waals surface area contributed by atoms with Gasteiger partial charge in [-0.05, 0) is 13.0 Å². The largest absolute Gasteiger partial charge is 0.317 e. The Morgan fingerprint density at radius 2 is 1.66 bits per heavy atom. The summed E-state index contributed by atoms with van der Waals surface area (Å²) in [4.78, 5) is 16.6. The summed E-state index contributed by atoms with van der Waals surface area (Å²) in [6, 6.07) is 9.29. The first-order valence-corrected chi connectivity index (χ1v) is 8.41. The third kappa shape index (κ3) is 3.20. The number of halogens is 4. The molecule has 0 radical (unpaired) electrons. The minimum Gasteiger partial charge on any atom is -0.317 e. The number of nitrogens with one attached hydrogen (secondary N) is 1. The Bertz CT molecular complexity index is 1230. The van der Waals surface area contributed by atoms with Crippen LogP contribution in [0.15, 0.2) is 48.8 Å². The van der Waals surface area contributed by atoms with Gasteiger partial charge in [-0.1, -0.05) is 29.8 Å². The van der Waals surface area contributed by atoms with Crippen LogP contribution >= 0.6 is 0 Å². The summed E-state index contributed by atoms with van der Waals surface area (Å²) in [6.07, 6.45) is 2.60. The van der Waals surface area contributed by atoms with Gasteiger partial charge >= 0.3 is 0 Å². The van der Waals surface area contributed by atoms with E-state index in [0.717, 1.165) is 17.3 Å². The summed E-state index contributed by atoms with van der Waals surface area (Å²) < 4.78 is 55.8. The molecule has 0 atom stereocenters. The molecule has 0 unspecified atom stereocenters. The smallest absolute Gasteiger partial charge is 0.261 e. The number of nitrogens with zero attached hydrogens (tertiary/aromatic N) is 3. The Hall–Kier alpha value is -3.75. The zero-order valence-electron chi connectivity index (χ0n) is 14.9. The highest BCUT2D eigenvalue weighted by Gasteiger charge is 2.23. The lowest BCUT2D eigenvalue weighted by molar-refractivity contribution is 0.102. The minimum absolute atomic E-state index is 0.0606. The Balaban J connectivity index is 1.75. The molecule has 0 aliphatic carbocycles. The molecule has 0 aliphatic heterocycles. The van der Waals surface area contributed by atoms with E-state index in [1.54, 1.807) is 6.07 Å². The maximum atomic E-state index is 13.8.